The standard InChI is InChI=1S/C8H15O2/c1-4-5-6-10-8(2,3)7-9/h4-6H2,1-3H3. The zero-order valence-electron chi connectivity index (χ0n) is 6.94. The maximum atomic E-state index is 10.2. The van der Waals surface area contributed by atoms with Crippen LogP contribution in [0.3, 0.4) is 0 Å². The summed E-state index contributed by atoms with van der Waals surface area (Å²) in [5.74, 6) is 0. The minimum atomic E-state index is -0.713. The first-order chi connectivity index (χ1) is 4.62. The Hall–Kier alpha value is -0.370. The molecule has 10 heavy (non-hydrogen) atoms. The molecular weight excluding hydrogens is 128 g/mol. The van der Waals surface area contributed by atoms with Gasteiger partial charge in [0.25, 0.3) is 0 Å². The summed E-state index contributed by atoms with van der Waals surface area (Å²) in [6, 6.07) is 0. The molecule has 0 unspecified atom stereocenters. The fraction of sp³-hybridized carbons (Fsp3) is 0.875. The maximum absolute atomic E-state index is 10.2. The Labute approximate surface area is 62.6 Å². The number of unbranched alkanes of at least 4 members (excludes halogenated alkanes) is 1. The molecule has 0 aliphatic rings. The fourth-order valence-electron chi connectivity index (χ4n) is 0.501. The Morgan fingerprint density at radius 3 is 2.50 bits per heavy atom. The first kappa shape index (κ1) is 9.63. The molecular formula is C8H15O2. The lowest BCUT2D eigenvalue weighted by atomic mass is 10.2. The molecule has 2 heteroatoms. The topological polar surface area (TPSA) is 26.3 Å². The van der Waals surface area contributed by atoms with Crippen molar-refractivity contribution in [2.24, 2.45) is 0 Å². The van der Waals surface area contributed by atoms with Crippen molar-refractivity contribution in [2.75, 3.05) is 6.61 Å². The minimum Gasteiger partial charge on any atom is -0.367 e. The normalized spacial score (nSPS) is 11.5. The monoisotopic (exact) mass is 143 g/mol. The van der Waals surface area contributed by atoms with Crippen LogP contribution in [0.1, 0.15) is 33.6 Å². The molecule has 0 aromatic carbocycles. The van der Waals surface area contributed by atoms with Crippen molar-refractivity contribution in [1.82, 2.24) is 0 Å². The summed E-state index contributed by atoms with van der Waals surface area (Å²) >= 11 is 0. The van der Waals surface area contributed by atoms with Gasteiger partial charge in [0.05, 0.1) is 0 Å². The highest BCUT2D eigenvalue weighted by Crippen LogP contribution is 2.05. The van der Waals surface area contributed by atoms with Crippen LogP contribution in [-0.4, -0.2) is 18.5 Å². The summed E-state index contributed by atoms with van der Waals surface area (Å²) in [7, 11) is 0. The molecule has 0 spiro atoms. The van der Waals surface area contributed by atoms with Gasteiger partial charge >= 0.3 is 0 Å². The van der Waals surface area contributed by atoms with Gasteiger partial charge in [-0.1, -0.05) is 13.3 Å². The molecule has 0 heterocycles. The van der Waals surface area contributed by atoms with Crippen molar-refractivity contribution >= 4 is 6.29 Å². The van der Waals surface area contributed by atoms with Gasteiger partial charge in [0.1, 0.15) is 5.60 Å². The van der Waals surface area contributed by atoms with Crippen molar-refractivity contribution in [1.29, 1.82) is 0 Å². The molecule has 0 N–H and O–H groups in total. The van der Waals surface area contributed by atoms with Crippen molar-refractivity contribution in [2.45, 2.75) is 39.2 Å². The predicted molar refractivity (Wildman–Crippen MR) is 40.6 cm³/mol. The quantitative estimate of drug-likeness (QED) is 0.547. The molecule has 0 saturated carbocycles. The Bertz CT molecular complexity index is 97.4. The van der Waals surface area contributed by atoms with E-state index in [1.165, 1.54) is 0 Å². The lowest BCUT2D eigenvalue weighted by Gasteiger charge is -2.16. The van der Waals surface area contributed by atoms with Gasteiger partial charge in [-0.15, -0.1) is 0 Å². The van der Waals surface area contributed by atoms with E-state index in [2.05, 4.69) is 6.92 Å². The van der Waals surface area contributed by atoms with Crippen LogP contribution in [-0.2, 0) is 9.53 Å². The first-order valence-electron chi connectivity index (χ1n) is 3.65. The number of hydrogen-bond donors (Lipinski definition) is 0. The highest BCUT2D eigenvalue weighted by molar-refractivity contribution is 5.61. The Morgan fingerprint density at radius 2 is 2.10 bits per heavy atom. The molecule has 0 aromatic heterocycles. The zero-order valence-corrected chi connectivity index (χ0v) is 6.94. The lowest BCUT2D eigenvalue weighted by Crippen LogP contribution is -2.26. The smallest absolute Gasteiger partial charge is 0.232 e. The largest absolute Gasteiger partial charge is 0.367 e. The Kier molecular flexibility index (Phi) is 4.28. The van der Waals surface area contributed by atoms with Crippen LogP contribution < -0.4 is 0 Å². The molecule has 0 aromatic rings. The highest BCUT2D eigenvalue weighted by Gasteiger charge is 2.16. The second-order valence-electron chi connectivity index (χ2n) is 2.81. The molecule has 2 nitrogen and oxygen atoms in total. The molecule has 0 rings (SSSR count). The summed E-state index contributed by atoms with van der Waals surface area (Å²) in [6.45, 7) is 6.17. The van der Waals surface area contributed by atoms with Gasteiger partial charge in [0.15, 0.2) is 0 Å². The predicted octanol–water partition coefficient (Wildman–Crippen LogP) is 1.69. The van der Waals surface area contributed by atoms with Crippen molar-refractivity contribution < 1.29 is 9.53 Å². The van der Waals surface area contributed by atoms with E-state index >= 15 is 0 Å². The van der Waals surface area contributed by atoms with E-state index < -0.39 is 5.60 Å². The third kappa shape index (κ3) is 4.50. The third-order valence-corrected chi connectivity index (χ3v) is 1.21. The minimum absolute atomic E-state index is 0.652. The van der Waals surface area contributed by atoms with Crippen LogP contribution in [0.5, 0.6) is 0 Å². The molecule has 0 saturated heterocycles. The van der Waals surface area contributed by atoms with E-state index in [-0.39, 0.29) is 0 Å². The SMILES string of the molecule is CCCCOC(C)(C)[C]=O. The number of ether oxygens (including phenoxy) is 1. The number of carbonyl (C=O) groups excluding carboxylic acids is 1. The molecule has 0 atom stereocenters. The van der Waals surface area contributed by atoms with Gasteiger partial charge in [0.2, 0.25) is 6.29 Å². The Morgan fingerprint density at radius 1 is 1.50 bits per heavy atom. The van der Waals surface area contributed by atoms with E-state index in [0.717, 1.165) is 12.8 Å². The van der Waals surface area contributed by atoms with Crippen molar-refractivity contribution in [3.63, 3.8) is 0 Å². The van der Waals surface area contributed by atoms with Crippen LogP contribution in [0.25, 0.3) is 0 Å². The summed E-state index contributed by atoms with van der Waals surface area (Å²) < 4.78 is 5.20. The molecule has 0 aliphatic carbocycles. The van der Waals surface area contributed by atoms with Gasteiger partial charge in [-0.2, -0.15) is 0 Å². The van der Waals surface area contributed by atoms with Crippen molar-refractivity contribution in [3.8, 4) is 0 Å². The molecule has 0 fully saturated rings. The maximum Gasteiger partial charge on any atom is 0.232 e. The van der Waals surface area contributed by atoms with Gasteiger partial charge < -0.3 is 4.74 Å². The van der Waals surface area contributed by atoms with E-state index in [1.54, 1.807) is 13.8 Å². The summed E-state index contributed by atoms with van der Waals surface area (Å²) in [6.07, 6.45) is 3.93. The van der Waals surface area contributed by atoms with Crippen LogP contribution in [0.15, 0.2) is 0 Å². The molecule has 0 bridgehead atoms. The second-order valence-corrected chi connectivity index (χ2v) is 2.81. The summed E-state index contributed by atoms with van der Waals surface area (Å²) in [4.78, 5) is 10.2. The van der Waals surface area contributed by atoms with Crippen LogP contribution in [0.2, 0.25) is 0 Å². The molecule has 1 radical (unpaired) electrons. The Balaban J connectivity index is 3.37. The summed E-state index contributed by atoms with van der Waals surface area (Å²) in [5, 5.41) is 0. The van der Waals surface area contributed by atoms with Gasteiger partial charge in [0, 0.05) is 6.61 Å². The molecule has 59 valence electrons. The fourth-order valence-corrected chi connectivity index (χ4v) is 0.501. The highest BCUT2D eigenvalue weighted by atomic mass is 16.5. The average molecular weight is 143 g/mol. The number of hydrogen-bond acceptors (Lipinski definition) is 2. The lowest BCUT2D eigenvalue weighted by molar-refractivity contribution is 0.0312. The molecule has 0 amide bonds. The summed E-state index contributed by atoms with van der Waals surface area (Å²) in [5.41, 5.74) is -0.713. The number of rotatable bonds is 5. The van der Waals surface area contributed by atoms with Crippen LogP contribution in [0, 0.1) is 0 Å². The molecule has 0 aliphatic heterocycles. The zero-order chi connectivity index (χ0) is 8.04. The van der Waals surface area contributed by atoms with Gasteiger partial charge in [-0.3, -0.25) is 4.79 Å². The second kappa shape index (κ2) is 4.45. The average Bonchev–Trinajstić information content (AvgIpc) is 1.89. The van der Waals surface area contributed by atoms with E-state index in [0.29, 0.717) is 6.61 Å². The van der Waals surface area contributed by atoms with E-state index in [9.17, 15) is 4.79 Å². The van der Waals surface area contributed by atoms with E-state index in [1.807, 2.05) is 6.29 Å². The third-order valence-electron chi connectivity index (χ3n) is 1.21. The van der Waals surface area contributed by atoms with Crippen molar-refractivity contribution in [3.05, 3.63) is 0 Å². The van der Waals surface area contributed by atoms with Gasteiger partial charge in [-0.05, 0) is 20.3 Å². The van der Waals surface area contributed by atoms with Crippen LogP contribution in [0.4, 0.5) is 0 Å². The first-order valence-corrected chi connectivity index (χ1v) is 3.65. The van der Waals surface area contributed by atoms with Gasteiger partial charge in [-0.25, -0.2) is 0 Å². The van der Waals surface area contributed by atoms with E-state index in [4.69, 9.17) is 4.74 Å². The van der Waals surface area contributed by atoms with Crippen LogP contribution >= 0.6 is 0 Å².